The molecule has 0 bridgehead atoms. The van der Waals surface area contributed by atoms with Crippen LogP contribution in [0.15, 0.2) is 38.7 Å². The zero-order chi connectivity index (χ0) is 13.7. The number of rotatable bonds is 5. The van der Waals surface area contributed by atoms with Crippen molar-refractivity contribution in [2.75, 3.05) is 6.61 Å². The number of aromatic nitrogens is 2. The van der Waals surface area contributed by atoms with Crippen molar-refractivity contribution in [2.24, 2.45) is 0 Å². The van der Waals surface area contributed by atoms with Gasteiger partial charge in [-0.25, -0.2) is 4.79 Å². The van der Waals surface area contributed by atoms with E-state index < -0.39 is 11.2 Å². The molecule has 19 heavy (non-hydrogen) atoms. The third-order valence-electron chi connectivity index (χ3n) is 2.42. The lowest BCUT2D eigenvalue weighted by Crippen LogP contribution is -2.30. The summed E-state index contributed by atoms with van der Waals surface area (Å²) < 4.78 is 6.30. The van der Waals surface area contributed by atoms with Gasteiger partial charge >= 0.3 is 11.7 Å². The van der Waals surface area contributed by atoms with Gasteiger partial charge in [-0.3, -0.25) is 19.1 Å². The third-order valence-corrected chi connectivity index (χ3v) is 3.15. The molecule has 2 aromatic heterocycles. The molecule has 1 N–H and O–H groups in total. The normalized spacial score (nSPS) is 10.3. The molecule has 0 radical (unpaired) electrons. The van der Waals surface area contributed by atoms with Crippen LogP contribution in [0.2, 0.25) is 0 Å². The Bertz CT molecular complexity index is 657. The van der Waals surface area contributed by atoms with Crippen molar-refractivity contribution in [1.82, 2.24) is 9.55 Å². The predicted octanol–water partition coefficient (Wildman–Crippen LogP) is 0.384. The average molecular weight is 280 g/mol. The van der Waals surface area contributed by atoms with Crippen LogP contribution in [0.25, 0.3) is 0 Å². The molecule has 2 aromatic rings. The average Bonchev–Trinajstić information content (AvgIpc) is 2.84. The number of carbonyl (C=O) groups excluding carboxylic acids is 1. The molecule has 0 saturated carbocycles. The lowest BCUT2D eigenvalue weighted by atomic mass is 10.2. The van der Waals surface area contributed by atoms with Gasteiger partial charge in [-0.1, -0.05) is 0 Å². The Hall–Kier alpha value is -2.15. The molecule has 0 amide bonds. The molecule has 0 aromatic carbocycles. The summed E-state index contributed by atoms with van der Waals surface area (Å²) in [5.41, 5.74) is -0.0479. The summed E-state index contributed by atoms with van der Waals surface area (Å²) in [6, 6.07) is 3.10. The number of hydrogen-bond acceptors (Lipinski definition) is 5. The SMILES string of the molecule is O=C(Cc1ccsc1)OCCn1ccc(=O)[nH]c1=O. The van der Waals surface area contributed by atoms with Gasteiger partial charge in [0.15, 0.2) is 0 Å². The zero-order valence-electron chi connectivity index (χ0n) is 10.00. The molecule has 0 spiro atoms. The summed E-state index contributed by atoms with van der Waals surface area (Å²) in [6.45, 7) is 0.305. The molecule has 0 fully saturated rings. The second-order valence-corrected chi connectivity index (χ2v) is 4.61. The van der Waals surface area contributed by atoms with Gasteiger partial charge in [-0.2, -0.15) is 11.3 Å². The van der Waals surface area contributed by atoms with Crippen LogP contribution < -0.4 is 11.2 Å². The van der Waals surface area contributed by atoms with E-state index in [0.717, 1.165) is 5.56 Å². The molecule has 2 heterocycles. The van der Waals surface area contributed by atoms with Crippen LogP contribution in [0.1, 0.15) is 5.56 Å². The number of nitrogens with zero attached hydrogens (tertiary/aromatic N) is 1. The highest BCUT2D eigenvalue weighted by molar-refractivity contribution is 7.07. The number of H-pyrrole nitrogens is 1. The third kappa shape index (κ3) is 3.92. The van der Waals surface area contributed by atoms with E-state index in [9.17, 15) is 14.4 Å². The molecule has 0 aliphatic heterocycles. The highest BCUT2D eigenvalue weighted by Gasteiger charge is 2.05. The number of carbonyl (C=O) groups is 1. The van der Waals surface area contributed by atoms with Crippen molar-refractivity contribution in [1.29, 1.82) is 0 Å². The highest BCUT2D eigenvalue weighted by atomic mass is 32.1. The van der Waals surface area contributed by atoms with E-state index in [4.69, 9.17) is 4.74 Å². The van der Waals surface area contributed by atoms with Crippen LogP contribution >= 0.6 is 11.3 Å². The number of ether oxygens (including phenoxy) is 1. The van der Waals surface area contributed by atoms with Crippen LogP contribution in [0.4, 0.5) is 0 Å². The van der Waals surface area contributed by atoms with E-state index in [1.807, 2.05) is 16.8 Å². The van der Waals surface area contributed by atoms with E-state index >= 15 is 0 Å². The van der Waals surface area contributed by atoms with Crippen molar-refractivity contribution in [3.63, 3.8) is 0 Å². The minimum absolute atomic E-state index is 0.0922. The molecule has 0 unspecified atom stereocenters. The van der Waals surface area contributed by atoms with E-state index in [1.165, 1.54) is 28.2 Å². The first-order valence-electron chi connectivity index (χ1n) is 5.61. The van der Waals surface area contributed by atoms with Crippen molar-refractivity contribution in [3.8, 4) is 0 Å². The maximum absolute atomic E-state index is 11.5. The number of hydrogen-bond donors (Lipinski definition) is 1. The van der Waals surface area contributed by atoms with Gasteiger partial charge in [0.1, 0.15) is 6.61 Å². The Morgan fingerprint density at radius 3 is 2.89 bits per heavy atom. The Balaban J connectivity index is 1.81. The Kier molecular flexibility index (Phi) is 4.30. The van der Waals surface area contributed by atoms with Gasteiger partial charge in [-0.05, 0) is 22.4 Å². The van der Waals surface area contributed by atoms with Gasteiger partial charge in [0, 0.05) is 12.3 Å². The van der Waals surface area contributed by atoms with E-state index in [2.05, 4.69) is 4.98 Å². The summed E-state index contributed by atoms with van der Waals surface area (Å²) in [6.07, 6.45) is 1.60. The van der Waals surface area contributed by atoms with Gasteiger partial charge < -0.3 is 4.74 Å². The monoisotopic (exact) mass is 280 g/mol. The fourth-order valence-corrected chi connectivity index (χ4v) is 2.16. The van der Waals surface area contributed by atoms with Crippen molar-refractivity contribution in [3.05, 3.63) is 55.5 Å². The van der Waals surface area contributed by atoms with Crippen LogP contribution in [-0.4, -0.2) is 22.1 Å². The highest BCUT2D eigenvalue weighted by Crippen LogP contribution is 2.07. The van der Waals surface area contributed by atoms with Crippen molar-refractivity contribution >= 4 is 17.3 Å². The zero-order valence-corrected chi connectivity index (χ0v) is 10.8. The Morgan fingerprint density at radius 1 is 1.37 bits per heavy atom. The second kappa shape index (κ2) is 6.14. The van der Waals surface area contributed by atoms with E-state index in [-0.39, 0.29) is 25.5 Å². The minimum atomic E-state index is -0.513. The molecule has 0 aliphatic carbocycles. The minimum Gasteiger partial charge on any atom is -0.464 e. The van der Waals surface area contributed by atoms with Crippen LogP contribution in [0, 0.1) is 0 Å². The maximum Gasteiger partial charge on any atom is 0.328 e. The van der Waals surface area contributed by atoms with Gasteiger partial charge in [0.05, 0.1) is 13.0 Å². The molecule has 0 aliphatic rings. The fraction of sp³-hybridized carbons (Fsp3) is 0.250. The van der Waals surface area contributed by atoms with Crippen LogP contribution in [0.5, 0.6) is 0 Å². The second-order valence-electron chi connectivity index (χ2n) is 3.83. The molecular formula is C12H12N2O4S. The lowest BCUT2D eigenvalue weighted by molar-refractivity contribution is -0.143. The first kappa shape index (κ1) is 13.3. The summed E-state index contributed by atoms with van der Waals surface area (Å²) in [4.78, 5) is 35.8. The topological polar surface area (TPSA) is 81.2 Å². The lowest BCUT2D eigenvalue weighted by Gasteiger charge is -2.05. The van der Waals surface area contributed by atoms with Gasteiger partial charge in [-0.15, -0.1) is 0 Å². The number of nitrogens with one attached hydrogen (secondary N) is 1. The summed E-state index contributed by atoms with van der Waals surface area (Å²) in [7, 11) is 0. The predicted molar refractivity (Wildman–Crippen MR) is 70.3 cm³/mol. The number of aromatic amines is 1. The largest absolute Gasteiger partial charge is 0.464 e. The molecule has 0 atom stereocenters. The van der Waals surface area contributed by atoms with Crippen molar-refractivity contribution in [2.45, 2.75) is 13.0 Å². The fourth-order valence-electron chi connectivity index (χ4n) is 1.49. The molecule has 7 heteroatoms. The molecular weight excluding hydrogens is 268 g/mol. The first-order chi connectivity index (χ1) is 9.15. The first-order valence-corrected chi connectivity index (χ1v) is 6.56. The maximum atomic E-state index is 11.5. The Labute approximate surface area is 112 Å². The Morgan fingerprint density at radius 2 is 2.21 bits per heavy atom. The van der Waals surface area contributed by atoms with Gasteiger partial charge in [0.2, 0.25) is 0 Å². The standard InChI is InChI=1S/C12H12N2O4S/c15-10-1-3-14(12(17)13-10)4-5-18-11(16)7-9-2-6-19-8-9/h1-3,6,8H,4-5,7H2,(H,13,15,17). The van der Waals surface area contributed by atoms with Crippen LogP contribution in [0.3, 0.4) is 0 Å². The molecule has 2 rings (SSSR count). The molecule has 0 saturated heterocycles. The van der Waals surface area contributed by atoms with Crippen LogP contribution in [-0.2, 0) is 22.5 Å². The molecule has 100 valence electrons. The number of esters is 1. The quantitative estimate of drug-likeness (QED) is 0.803. The summed E-state index contributed by atoms with van der Waals surface area (Å²) in [5, 5.41) is 3.77. The number of thiophene rings is 1. The summed E-state index contributed by atoms with van der Waals surface area (Å²) in [5.74, 6) is -0.337. The van der Waals surface area contributed by atoms with Crippen molar-refractivity contribution < 1.29 is 9.53 Å². The molecule has 6 nitrogen and oxygen atoms in total. The summed E-state index contributed by atoms with van der Waals surface area (Å²) >= 11 is 1.52. The van der Waals surface area contributed by atoms with E-state index in [1.54, 1.807) is 0 Å². The van der Waals surface area contributed by atoms with E-state index in [0.29, 0.717) is 0 Å². The van der Waals surface area contributed by atoms with Gasteiger partial charge in [0.25, 0.3) is 5.56 Å². The smallest absolute Gasteiger partial charge is 0.328 e.